The molecule has 5 aromatic rings. The van der Waals surface area contributed by atoms with Crippen molar-refractivity contribution in [2.24, 2.45) is 0 Å². The zero-order chi connectivity index (χ0) is 23.9. The van der Waals surface area contributed by atoms with Crippen LogP contribution in [0.25, 0.3) is 21.9 Å². The van der Waals surface area contributed by atoms with E-state index in [1.54, 1.807) is 22.8 Å². The summed E-state index contributed by atoms with van der Waals surface area (Å²) in [6, 6.07) is 12.7. The Morgan fingerprint density at radius 2 is 2.00 bits per heavy atom. The van der Waals surface area contributed by atoms with Crippen LogP contribution in [0.4, 0.5) is 5.69 Å². The largest absolute Gasteiger partial charge is 0.454 e. The summed E-state index contributed by atoms with van der Waals surface area (Å²) in [5, 5.41) is 7.53. The number of nitrogens with zero attached hydrogens (tertiary/aromatic N) is 5. The van der Waals surface area contributed by atoms with Gasteiger partial charge in [-0.25, -0.2) is 4.98 Å². The van der Waals surface area contributed by atoms with E-state index < -0.39 is 0 Å². The molecule has 1 aliphatic rings. The molecule has 4 heterocycles. The van der Waals surface area contributed by atoms with Crippen LogP contribution in [0, 0.1) is 0 Å². The summed E-state index contributed by atoms with van der Waals surface area (Å²) in [4.78, 5) is 35.4. The van der Waals surface area contributed by atoms with Gasteiger partial charge < -0.3 is 23.9 Å². The number of benzene rings is 2. The lowest BCUT2D eigenvalue weighted by Gasteiger charge is -2.10. The van der Waals surface area contributed by atoms with Crippen LogP contribution in [0.15, 0.2) is 58.1 Å². The van der Waals surface area contributed by atoms with Gasteiger partial charge in [-0.05, 0) is 18.2 Å². The van der Waals surface area contributed by atoms with Gasteiger partial charge >= 0.3 is 0 Å². The number of anilines is 1. The normalized spacial score (nSPS) is 12.5. The Morgan fingerprint density at radius 3 is 2.86 bits per heavy atom. The highest BCUT2D eigenvalue weighted by Gasteiger charge is 2.20. The molecule has 11 heteroatoms. The lowest BCUT2D eigenvalue weighted by atomic mass is 10.2. The minimum absolute atomic E-state index is 0.0830. The summed E-state index contributed by atoms with van der Waals surface area (Å²) in [6.07, 6.45) is 2.09. The van der Waals surface area contributed by atoms with E-state index >= 15 is 0 Å². The Labute approximate surface area is 197 Å². The van der Waals surface area contributed by atoms with E-state index in [0.717, 1.165) is 10.9 Å². The molecule has 6 rings (SSSR count). The summed E-state index contributed by atoms with van der Waals surface area (Å²) < 4.78 is 19.0. The number of carbonyl (C=O) groups is 1. The quantitative estimate of drug-likeness (QED) is 0.400. The number of aryl methyl sites for hydroxylation is 1. The number of amides is 1. The van der Waals surface area contributed by atoms with E-state index in [9.17, 15) is 9.59 Å². The van der Waals surface area contributed by atoms with Gasteiger partial charge in [0.2, 0.25) is 18.6 Å². The number of rotatable bonds is 6. The number of hydrogen-bond acceptors (Lipinski definition) is 8. The van der Waals surface area contributed by atoms with Crippen molar-refractivity contribution in [1.82, 2.24) is 24.3 Å². The lowest BCUT2D eigenvalue weighted by molar-refractivity contribution is -0.116. The Morgan fingerprint density at radius 1 is 1.14 bits per heavy atom. The Hall–Kier alpha value is -4.67. The van der Waals surface area contributed by atoms with Crippen LogP contribution >= 0.6 is 0 Å². The molecule has 1 N–H and O–H groups in total. The molecular formula is C24H20N6O5. The molecule has 0 unspecified atom stereocenters. The van der Waals surface area contributed by atoms with Crippen LogP contribution in [-0.2, 0) is 24.3 Å². The molecule has 11 nitrogen and oxygen atoms in total. The molecule has 0 aliphatic carbocycles. The Balaban J connectivity index is 1.37. The molecule has 0 saturated heterocycles. The fourth-order valence-electron chi connectivity index (χ4n) is 4.19. The smallest absolute Gasteiger partial charge is 0.278 e. The summed E-state index contributed by atoms with van der Waals surface area (Å²) in [7, 11) is 0. The molecule has 0 atom stereocenters. The first-order chi connectivity index (χ1) is 17.1. The highest BCUT2D eigenvalue weighted by molar-refractivity contribution is 6.06. The predicted octanol–water partition coefficient (Wildman–Crippen LogP) is 2.71. The van der Waals surface area contributed by atoms with Crippen molar-refractivity contribution < 1.29 is 18.8 Å². The van der Waals surface area contributed by atoms with Crippen LogP contribution in [-0.4, -0.2) is 37.0 Å². The first-order valence-corrected chi connectivity index (χ1v) is 11.1. The number of aromatic nitrogens is 5. The van der Waals surface area contributed by atoms with Crippen molar-refractivity contribution in [3.8, 4) is 11.5 Å². The van der Waals surface area contributed by atoms with Crippen LogP contribution in [0.1, 0.15) is 18.6 Å². The van der Waals surface area contributed by atoms with Crippen molar-refractivity contribution in [2.75, 3.05) is 12.1 Å². The molecule has 2 aromatic carbocycles. The second-order valence-corrected chi connectivity index (χ2v) is 8.05. The van der Waals surface area contributed by atoms with Gasteiger partial charge in [0.05, 0.1) is 11.8 Å². The van der Waals surface area contributed by atoms with Gasteiger partial charge in [0.15, 0.2) is 17.3 Å². The third-order valence-electron chi connectivity index (χ3n) is 5.82. The zero-order valence-electron chi connectivity index (χ0n) is 18.7. The molecule has 176 valence electrons. The van der Waals surface area contributed by atoms with Crippen LogP contribution in [0.3, 0.4) is 0 Å². The minimum Gasteiger partial charge on any atom is -0.454 e. The Bertz CT molecular complexity index is 1650. The predicted molar refractivity (Wildman–Crippen MR) is 125 cm³/mol. The third-order valence-corrected chi connectivity index (χ3v) is 5.82. The molecule has 0 saturated carbocycles. The maximum atomic E-state index is 13.5. The van der Waals surface area contributed by atoms with Gasteiger partial charge in [-0.1, -0.05) is 30.3 Å². The zero-order valence-corrected chi connectivity index (χ0v) is 18.7. The molecule has 0 radical (unpaired) electrons. The van der Waals surface area contributed by atoms with Gasteiger partial charge in [0, 0.05) is 23.6 Å². The summed E-state index contributed by atoms with van der Waals surface area (Å²) >= 11 is 0. The van der Waals surface area contributed by atoms with Gasteiger partial charge in [-0.15, -0.1) is 0 Å². The molecule has 1 aliphatic heterocycles. The second-order valence-electron chi connectivity index (χ2n) is 8.05. The standard InChI is InChI=1S/C24H20N6O5/c1-2-19-27-21(35-28-19)11-29-12-25-22-15-5-3-4-6-16(15)30(23(22)24(29)32)10-20(31)26-14-7-8-17-18(9-14)34-13-33-17/h3-9,12H,2,10-11,13H2,1H3,(H,26,31). The number of para-hydroxylation sites is 1. The number of nitrogens with one attached hydrogen (secondary N) is 1. The number of ether oxygens (including phenoxy) is 2. The topological polar surface area (TPSA) is 126 Å². The highest BCUT2D eigenvalue weighted by Crippen LogP contribution is 2.34. The first kappa shape index (κ1) is 20.9. The third kappa shape index (κ3) is 3.66. The van der Waals surface area contributed by atoms with E-state index in [4.69, 9.17) is 14.0 Å². The maximum Gasteiger partial charge on any atom is 0.278 e. The summed E-state index contributed by atoms with van der Waals surface area (Å²) in [5.74, 6) is 1.78. The van der Waals surface area contributed by atoms with Crippen LogP contribution < -0.4 is 20.3 Å². The van der Waals surface area contributed by atoms with E-state index in [2.05, 4.69) is 20.4 Å². The van der Waals surface area contributed by atoms with E-state index in [-0.39, 0.29) is 31.3 Å². The fourth-order valence-corrected chi connectivity index (χ4v) is 4.19. The number of carbonyl (C=O) groups excluding carboxylic acids is 1. The van der Waals surface area contributed by atoms with E-state index in [1.807, 2.05) is 31.2 Å². The molecule has 0 spiro atoms. The molecular weight excluding hydrogens is 452 g/mol. The van der Waals surface area contributed by atoms with Crippen molar-refractivity contribution in [3.63, 3.8) is 0 Å². The van der Waals surface area contributed by atoms with E-state index in [0.29, 0.717) is 46.4 Å². The summed E-state index contributed by atoms with van der Waals surface area (Å²) in [6.45, 7) is 2.07. The van der Waals surface area contributed by atoms with E-state index in [1.165, 1.54) is 10.9 Å². The van der Waals surface area contributed by atoms with Crippen LogP contribution in [0.5, 0.6) is 11.5 Å². The fraction of sp³-hybridized carbons (Fsp3) is 0.208. The Kier molecular flexibility index (Phi) is 4.94. The van der Waals surface area contributed by atoms with Crippen molar-refractivity contribution in [3.05, 3.63) is 70.9 Å². The SMILES string of the molecule is CCc1noc(Cn2cnc3c4ccccc4n(CC(=O)Nc4ccc5c(c4)OCO5)c3c2=O)n1. The van der Waals surface area contributed by atoms with Crippen molar-refractivity contribution in [2.45, 2.75) is 26.4 Å². The molecule has 35 heavy (non-hydrogen) atoms. The minimum atomic E-state index is -0.307. The van der Waals surface area contributed by atoms with Crippen LogP contribution in [0.2, 0.25) is 0 Å². The molecule has 0 bridgehead atoms. The van der Waals surface area contributed by atoms with Gasteiger partial charge in [-0.3, -0.25) is 14.2 Å². The first-order valence-electron chi connectivity index (χ1n) is 11.1. The molecule has 0 fully saturated rings. The van der Waals surface area contributed by atoms with Gasteiger partial charge in [-0.2, -0.15) is 4.98 Å². The molecule has 3 aromatic heterocycles. The average molecular weight is 472 g/mol. The maximum absolute atomic E-state index is 13.5. The highest BCUT2D eigenvalue weighted by atomic mass is 16.7. The lowest BCUT2D eigenvalue weighted by Crippen LogP contribution is -2.25. The number of fused-ring (bicyclic) bond motifs is 4. The average Bonchev–Trinajstić information content (AvgIpc) is 3.59. The second kappa shape index (κ2) is 8.28. The monoisotopic (exact) mass is 472 g/mol. The van der Waals surface area contributed by atoms with Crippen molar-refractivity contribution in [1.29, 1.82) is 0 Å². The van der Waals surface area contributed by atoms with Crippen molar-refractivity contribution >= 4 is 33.5 Å². The summed E-state index contributed by atoms with van der Waals surface area (Å²) in [5.41, 5.74) is 1.84. The van der Waals surface area contributed by atoms with Gasteiger partial charge in [0.25, 0.3) is 5.56 Å². The van der Waals surface area contributed by atoms with Gasteiger partial charge in [0.1, 0.15) is 24.1 Å². The number of hydrogen-bond donors (Lipinski definition) is 1. The molecule has 1 amide bonds.